The molecule has 12 heteroatoms. The minimum Gasteiger partial charge on any atom is -0.465 e. The summed E-state index contributed by atoms with van der Waals surface area (Å²) in [6.45, 7) is 1.28. The van der Waals surface area contributed by atoms with Gasteiger partial charge in [0.15, 0.2) is 9.84 Å². The molecule has 0 bridgehead atoms. The Kier molecular flexibility index (Phi) is 8.90. The summed E-state index contributed by atoms with van der Waals surface area (Å²) >= 11 is 11.8. The predicted molar refractivity (Wildman–Crippen MR) is 135 cm³/mol. The van der Waals surface area contributed by atoms with Crippen molar-refractivity contribution in [1.29, 1.82) is 0 Å². The van der Waals surface area contributed by atoms with Gasteiger partial charge in [-0.15, -0.1) is 0 Å². The molecule has 1 heterocycles. The number of halogens is 2. The van der Waals surface area contributed by atoms with Crippen LogP contribution in [0.3, 0.4) is 0 Å². The molecule has 9 nitrogen and oxygen atoms in total. The number of carboxylic acid groups (broad SMARTS) is 1. The Labute approximate surface area is 213 Å². The lowest BCUT2D eigenvalue weighted by atomic mass is 10.1. The van der Waals surface area contributed by atoms with E-state index in [9.17, 15) is 23.1 Å². The minimum absolute atomic E-state index is 0.0162. The Morgan fingerprint density at radius 1 is 1.20 bits per heavy atom. The molecule has 0 radical (unpaired) electrons. The summed E-state index contributed by atoms with van der Waals surface area (Å²) in [4.78, 5) is 30.6. The molecule has 0 spiro atoms. The number of rotatable bonds is 9. The van der Waals surface area contributed by atoms with E-state index in [1.54, 1.807) is 25.3 Å². The second-order valence-electron chi connectivity index (χ2n) is 7.72. The Morgan fingerprint density at radius 3 is 2.57 bits per heavy atom. The van der Waals surface area contributed by atoms with Gasteiger partial charge in [-0.3, -0.25) is 20.0 Å². The van der Waals surface area contributed by atoms with E-state index in [2.05, 4.69) is 10.3 Å². The zero-order chi connectivity index (χ0) is 25.6. The number of carbonyl (C=O) groups excluding carboxylic acids is 1. The first-order valence-corrected chi connectivity index (χ1v) is 12.9. The van der Waals surface area contributed by atoms with E-state index in [1.807, 2.05) is 12.1 Å². The van der Waals surface area contributed by atoms with E-state index in [-0.39, 0.29) is 28.2 Å². The molecule has 0 saturated carbocycles. The van der Waals surface area contributed by atoms with Crippen molar-refractivity contribution in [2.24, 2.45) is 4.99 Å². The molecular weight excluding hydrogens is 515 g/mol. The van der Waals surface area contributed by atoms with Gasteiger partial charge in [0.1, 0.15) is 11.7 Å². The number of amides is 2. The lowest BCUT2D eigenvalue weighted by Crippen LogP contribution is -2.33. The van der Waals surface area contributed by atoms with E-state index >= 15 is 0 Å². The Balaban J connectivity index is 1.48. The maximum absolute atomic E-state index is 12.4. The number of amidine groups is 1. The van der Waals surface area contributed by atoms with Crippen LogP contribution >= 0.6 is 23.2 Å². The first-order valence-electron chi connectivity index (χ1n) is 10.5. The third kappa shape index (κ3) is 7.04. The Bertz CT molecular complexity index is 1260. The van der Waals surface area contributed by atoms with Gasteiger partial charge < -0.3 is 10.0 Å². The van der Waals surface area contributed by atoms with E-state index in [1.165, 1.54) is 34.1 Å². The van der Waals surface area contributed by atoms with Crippen LogP contribution in [0, 0.1) is 0 Å². The van der Waals surface area contributed by atoms with Gasteiger partial charge >= 0.3 is 6.09 Å². The fraction of sp³-hybridized carbons (Fsp3) is 0.261. The largest absolute Gasteiger partial charge is 0.465 e. The number of hydrogen-bond donors (Lipinski definition) is 2. The van der Waals surface area contributed by atoms with Gasteiger partial charge in [0.25, 0.3) is 0 Å². The van der Waals surface area contributed by atoms with Crippen LogP contribution in [0.5, 0.6) is 0 Å². The average Bonchev–Trinajstić information content (AvgIpc) is 3.29. The molecule has 35 heavy (non-hydrogen) atoms. The lowest BCUT2D eigenvalue weighted by Gasteiger charge is -2.17. The number of nitrogens with zero attached hydrogens (tertiary/aromatic N) is 3. The van der Waals surface area contributed by atoms with Gasteiger partial charge in [-0.1, -0.05) is 53.5 Å². The second kappa shape index (κ2) is 11.7. The van der Waals surface area contributed by atoms with E-state index in [0.717, 1.165) is 5.56 Å². The molecule has 2 N–H and O–H groups in total. The summed E-state index contributed by atoms with van der Waals surface area (Å²) in [7, 11) is -2.01. The summed E-state index contributed by atoms with van der Waals surface area (Å²) in [5.41, 5.74) is 1.56. The quantitative estimate of drug-likeness (QED) is 0.373. The fourth-order valence-electron chi connectivity index (χ4n) is 3.36. The van der Waals surface area contributed by atoms with Crippen LogP contribution in [-0.4, -0.2) is 73.7 Å². The van der Waals surface area contributed by atoms with Crippen molar-refractivity contribution < 1.29 is 23.1 Å². The molecule has 0 saturated heterocycles. The molecule has 2 aromatic rings. The first-order chi connectivity index (χ1) is 16.6. The lowest BCUT2D eigenvalue weighted by molar-refractivity contribution is -0.125. The van der Waals surface area contributed by atoms with Gasteiger partial charge in [0.05, 0.1) is 23.0 Å². The SMILES string of the molecule is CN(Cc1ccc(C2=NCCN2C(=O)O)cc1)C(=O)C=CCNCS(=O)(=O)c1ccc(Cl)cc1Cl. The maximum Gasteiger partial charge on any atom is 0.413 e. The van der Waals surface area contributed by atoms with E-state index in [0.29, 0.717) is 36.1 Å². The highest BCUT2D eigenvalue weighted by molar-refractivity contribution is 7.91. The topological polar surface area (TPSA) is 119 Å². The summed E-state index contributed by atoms with van der Waals surface area (Å²) in [5.74, 6) is -0.180. The molecule has 2 amide bonds. The predicted octanol–water partition coefficient (Wildman–Crippen LogP) is 3.27. The molecule has 1 aliphatic rings. The van der Waals surface area contributed by atoms with Crippen LogP contribution in [0.1, 0.15) is 11.1 Å². The second-order valence-corrected chi connectivity index (χ2v) is 10.5. The highest BCUT2D eigenvalue weighted by Gasteiger charge is 2.24. The van der Waals surface area contributed by atoms with Gasteiger partial charge in [-0.25, -0.2) is 13.2 Å². The molecule has 2 aromatic carbocycles. The molecule has 0 unspecified atom stereocenters. The smallest absolute Gasteiger partial charge is 0.413 e. The number of sulfone groups is 1. The molecule has 1 aliphatic heterocycles. The van der Waals surface area contributed by atoms with Crippen molar-refractivity contribution in [1.82, 2.24) is 15.1 Å². The normalized spacial score (nSPS) is 13.8. The Morgan fingerprint density at radius 2 is 1.91 bits per heavy atom. The minimum atomic E-state index is -3.66. The molecule has 0 aliphatic carbocycles. The zero-order valence-corrected chi connectivity index (χ0v) is 21.1. The third-order valence-electron chi connectivity index (χ3n) is 5.12. The van der Waals surface area contributed by atoms with Crippen molar-refractivity contribution in [3.63, 3.8) is 0 Å². The molecular formula is C23H24Cl2N4O5S. The van der Waals surface area contributed by atoms with Crippen LogP contribution in [0.25, 0.3) is 0 Å². The van der Waals surface area contributed by atoms with Crippen LogP contribution in [0.2, 0.25) is 10.0 Å². The molecule has 0 fully saturated rings. The zero-order valence-electron chi connectivity index (χ0n) is 18.8. The number of nitrogens with one attached hydrogen (secondary N) is 1. The highest BCUT2D eigenvalue weighted by Crippen LogP contribution is 2.25. The van der Waals surface area contributed by atoms with Crippen molar-refractivity contribution in [3.05, 3.63) is 75.8 Å². The fourth-order valence-corrected chi connectivity index (χ4v) is 5.29. The van der Waals surface area contributed by atoms with Crippen molar-refractivity contribution in [3.8, 4) is 0 Å². The standard InChI is InChI=1S/C23H24Cl2N4O5S/c1-28(14-16-4-6-17(7-5-16)22-27-11-12-29(22)23(31)32)21(30)3-2-10-26-15-35(33,34)20-9-8-18(24)13-19(20)25/h2-9,13,26H,10-12,14-15H2,1H3,(H,31,32). The molecule has 186 valence electrons. The van der Waals surface area contributed by atoms with Crippen LogP contribution < -0.4 is 5.32 Å². The molecule has 3 rings (SSSR count). The van der Waals surface area contributed by atoms with Gasteiger partial charge in [0, 0.05) is 36.8 Å². The number of hydrogen-bond acceptors (Lipinski definition) is 6. The van der Waals surface area contributed by atoms with Crippen molar-refractivity contribution in [2.75, 3.05) is 32.6 Å². The van der Waals surface area contributed by atoms with Gasteiger partial charge in [-0.2, -0.15) is 0 Å². The number of benzene rings is 2. The third-order valence-corrected chi connectivity index (χ3v) is 7.39. The molecule has 0 atom stereocenters. The summed E-state index contributed by atoms with van der Waals surface area (Å²) in [5, 5.41) is 12.4. The van der Waals surface area contributed by atoms with Gasteiger partial charge in [-0.05, 0) is 23.8 Å². The van der Waals surface area contributed by atoms with Crippen molar-refractivity contribution in [2.45, 2.75) is 11.4 Å². The number of likely N-dealkylation sites (N-methyl/N-ethyl adjacent to an activating group) is 1. The number of aliphatic imine (C=N–C) groups is 1. The summed E-state index contributed by atoms with van der Waals surface area (Å²) in [6, 6.07) is 11.4. The van der Waals surface area contributed by atoms with Crippen LogP contribution in [-0.2, 0) is 21.2 Å². The van der Waals surface area contributed by atoms with E-state index < -0.39 is 15.9 Å². The van der Waals surface area contributed by atoms with Crippen LogP contribution in [0.15, 0.2) is 64.5 Å². The molecule has 0 aromatic heterocycles. The number of carbonyl (C=O) groups is 2. The monoisotopic (exact) mass is 538 g/mol. The maximum atomic E-state index is 12.4. The summed E-state index contributed by atoms with van der Waals surface area (Å²) in [6.07, 6.45) is 1.87. The van der Waals surface area contributed by atoms with Gasteiger partial charge in [0.2, 0.25) is 5.91 Å². The highest BCUT2D eigenvalue weighted by atomic mass is 35.5. The Hall–Kier alpha value is -2.92. The average molecular weight is 539 g/mol. The van der Waals surface area contributed by atoms with E-state index in [4.69, 9.17) is 23.2 Å². The first kappa shape index (κ1) is 26.7. The van der Waals surface area contributed by atoms with Crippen LogP contribution in [0.4, 0.5) is 4.79 Å². The van der Waals surface area contributed by atoms with Crippen molar-refractivity contribution >= 4 is 50.9 Å². The summed E-state index contributed by atoms with van der Waals surface area (Å²) < 4.78 is 24.8.